The van der Waals surface area contributed by atoms with Crippen molar-refractivity contribution in [2.45, 2.75) is 68.2 Å². The maximum absolute atomic E-state index is 10.7. The van der Waals surface area contributed by atoms with E-state index in [4.69, 9.17) is 5.11 Å². The van der Waals surface area contributed by atoms with E-state index in [2.05, 4.69) is 61.5 Å². The molecule has 0 bridgehead atoms. The van der Waals surface area contributed by atoms with E-state index in [1.54, 1.807) is 6.08 Å². The van der Waals surface area contributed by atoms with Crippen LogP contribution in [-0.4, -0.2) is 11.1 Å². The number of aliphatic carboxylic acids is 1. The molecular formula is C19H34O2. The quantitative estimate of drug-likeness (QED) is 0.638. The number of allylic oxidation sites excluding steroid dienone is 3. The first kappa shape index (κ1) is 19.9. The monoisotopic (exact) mass is 294 g/mol. The van der Waals surface area contributed by atoms with Crippen LogP contribution in [0.1, 0.15) is 68.2 Å². The first-order chi connectivity index (χ1) is 9.45. The Morgan fingerprint density at radius 3 is 1.90 bits per heavy atom. The molecule has 2 atom stereocenters. The number of hydrogen-bond acceptors (Lipinski definition) is 1. The molecule has 0 radical (unpaired) electrons. The van der Waals surface area contributed by atoms with Gasteiger partial charge in [0.15, 0.2) is 0 Å². The second kappa shape index (κ2) is 7.82. The van der Waals surface area contributed by atoms with Gasteiger partial charge >= 0.3 is 5.97 Å². The minimum Gasteiger partial charge on any atom is -0.481 e. The predicted molar refractivity (Wildman–Crippen MR) is 91.3 cm³/mol. The Hall–Kier alpha value is -1.05. The lowest BCUT2D eigenvalue weighted by Gasteiger charge is -2.44. The second-order valence-corrected chi connectivity index (χ2v) is 8.01. The van der Waals surface area contributed by atoms with Crippen LogP contribution in [0, 0.1) is 22.7 Å². The van der Waals surface area contributed by atoms with E-state index in [1.165, 1.54) is 5.57 Å². The molecule has 0 aliphatic rings. The van der Waals surface area contributed by atoms with E-state index >= 15 is 0 Å². The van der Waals surface area contributed by atoms with E-state index in [-0.39, 0.29) is 17.3 Å². The van der Waals surface area contributed by atoms with E-state index in [1.807, 2.05) is 6.08 Å². The Bertz CT molecular complexity index is 389. The number of carboxylic acid groups (broad SMARTS) is 1. The summed E-state index contributed by atoms with van der Waals surface area (Å²) >= 11 is 0. The largest absolute Gasteiger partial charge is 0.481 e. The molecule has 2 heteroatoms. The van der Waals surface area contributed by atoms with Crippen LogP contribution in [0.4, 0.5) is 0 Å². The molecule has 0 aromatic heterocycles. The van der Waals surface area contributed by atoms with Gasteiger partial charge in [0.2, 0.25) is 0 Å². The van der Waals surface area contributed by atoms with Gasteiger partial charge in [-0.1, -0.05) is 73.1 Å². The van der Waals surface area contributed by atoms with Gasteiger partial charge in [-0.15, -0.1) is 0 Å². The Balaban J connectivity index is 5.60. The van der Waals surface area contributed by atoms with Crippen LogP contribution in [0.5, 0.6) is 0 Å². The van der Waals surface area contributed by atoms with Crippen molar-refractivity contribution >= 4 is 5.97 Å². The molecule has 0 aromatic carbocycles. The Labute approximate surface area is 131 Å². The average Bonchev–Trinajstić information content (AvgIpc) is 2.29. The molecule has 0 spiro atoms. The Morgan fingerprint density at radius 1 is 1.10 bits per heavy atom. The highest BCUT2D eigenvalue weighted by Crippen LogP contribution is 2.47. The van der Waals surface area contributed by atoms with Crippen molar-refractivity contribution in [3.05, 3.63) is 23.8 Å². The lowest BCUT2D eigenvalue weighted by molar-refractivity contribution is -0.136. The fraction of sp³-hybridized carbons (Fsp3) is 0.737. The van der Waals surface area contributed by atoms with Crippen LogP contribution in [0.3, 0.4) is 0 Å². The standard InChI is InChI=1S/C19H34O2/c1-9-14(12-11-13-16(20)21)17(19(6,7)8)15(10-2)18(3,4)5/h9,11-12,15,17H,10,13H2,1-8H3,(H,20,21). The molecule has 0 heterocycles. The summed E-state index contributed by atoms with van der Waals surface area (Å²) in [5.74, 6) is 0.188. The molecule has 0 saturated heterocycles. The van der Waals surface area contributed by atoms with Crippen molar-refractivity contribution in [1.82, 2.24) is 0 Å². The van der Waals surface area contributed by atoms with Gasteiger partial charge in [-0.25, -0.2) is 0 Å². The molecule has 0 aliphatic carbocycles. The molecule has 21 heavy (non-hydrogen) atoms. The molecule has 0 saturated carbocycles. The third-order valence-corrected chi connectivity index (χ3v) is 4.18. The highest BCUT2D eigenvalue weighted by atomic mass is 16.4. The summed E-state index contributed by atoms with van der Waals surface area (Å²) in [4.78, 5) is 10.7. The topological polar surface area (TPSA) is 37.3 Å². The SMILES string of the molecule is CC=C(C=CCC(=O)O)C(C(CC)C(C)(C)C)C(C)(C)C. The van der Waals surface area contributed by atoms with Crippen molar-refractivity contribution in [3.8, 4) is 0 Å². The summed E-state index contributed by atoms with van der Waals surface area (Å²) in [7, 11) is 0. The highest BCUT2D eigenvalue weighted by Gasteiger charge is 2.38. The number of carboxylic acids is 1. The Morgan fingerprint density at radius 2 is 1.62 bits per heavy atom. The van der Waals surface area contributed by atoms with E-state index < -0.39 is 5.97 Å². The van der Waals surface area contributed by atoms with E-state index in [9.17, 15) is 4.79 Å². The van der Waals surface area contributed by atoms with Gasteiger partial charge in [0.05, 0.1) is 6.42 Å². The summed E-state index contributed by atoms with van der Waals surface area (Å²) in [5, 5.41) is 8.81. The molecule has 0 rings (SSSR count). The second-order valence-electron chi connectivity index (χ2n) is 8.01. The first-order valence-corrected chi connectivity index (χ1v) is 7.99. The van der Waals surface area contributed by atoms with Gasteiger partial charge in [0.25, 0.3) is 0 Å². The van der Waals surface area contributed by atoms with Gasteiger partial charge < -0.3 is 5.11 Å². The predicted octanol–water partition coefficient (Wildman–Crippen LogP) is 5.70. The molecular weight excluding hydrogens is 260 g/mol. The summed E-state index contributed by atoms with van der Waals surface area (Å²) in [6.45, 7) is 18.0. The van der Waals surface area contributed by atoms with Gasteiger partial charge in [0, 0.05) is 0 Å². The Kier molecular flexibility index (Phi) is 7.43. The smallest absolute Gasteiger partial charge is 0.307 e. The first-order valence-electron chi connectivity index (χ1n) is 7.99. The van der Waals surface area contributed by atoms with E-state index in [0.717, 1.165) is 6.42 Å². The summed E-state index contributed by atoms with van der Waals surface area (Å²) in [6.07, 6.45) is 7.13. The maximum Gasteiger partial charge on any atom is 0.307 e. The van der Waals surface area contributed by atoms with Gasteiger partial charge in [0.1, 0.15) is 0 Å². The molecule has 1 N–H and O–H groups in total. The number of hydrogen-bond donors (Lipinski definition) is 1. The van der Waals surface area contributed by atoms with Crippen molar-refractivity contribution in [3.63, 3.8) is 0 Å². The minimum atomic E-state index is -0.781. The third kappa shape index (κ3) is 6.50. The summed E-state index contributed by atoms with van der Waals surface area (Å²) in [5.41, 5.74) is 1.62. The fourth-order valence-corrected chi connectivity index (χ4v) is 3.36. The van der Waals surface area contributed by atoms with Crippen molar-refractivity contribution in [1.29, 1.82) is 0 Å². The van der Waals surface area contributed by atoms with Gasteiger partial charge in [-0.05, 0) is 35.2 Å². The van der Waals surface area contributed by atoms with E-state index in [0.29, 0.717) is 11.8 Å². The van der Waals surface area contributed by atoms with Gasteiger partial charge in [-0.2, -0.15) is 0 Å². The maximum atomic E-state index is 10.7. The molecule has 2 unspecified atom stereocenters. The highest BCUT2D eigenvalue weighted by molar-refractivity contribution is 5.68. The van der Waals surface area contributed by atoms with Crippen molar-refractivity contribution < 1.29 is 9.90 Å². The zero-order chi connectivity index (χ0) is 16.8. The van der Waals surface area contributed by atoms with Crippen LogP contribution >= 0.6 is 0 Å². The minimum absolute atomic E-state index is 0.0838. The lowest BCUT2D eigenvalue weighted by Crippen LogP contribution is -2.36. The van der Waals surface area contributed by atoms with Crippen LogP contribution in [0.2, 0.25) is 0 Å². The average molecular weight is 294 g/mol. The number of carbonyl (C=O) groups is 1. The third-order valence-electron chi connectivity index (χ3n) is 4.18. The summed E-state index contributed by atoms with van der Waals surface area (Å²) < 4.78 is 0. The van der Waals surface area contributed by atoms with Crippen LogP contribution in [0.25, 0.3) is 0 Å². The molecule has 0 fully saturated rings. The zero-order valence-electron chi connectivity index (χ0n) is 15.2. The molecule has 122 valence electrons. The van der Waals surface area contributed by atoms with Crippen LogP contribution in [-0.2, 0) is 4.79 Å². The molecule has 2 nitrogen and oxygen atoms in total. The van der Waals surface area contributed by atoms with Crippen LogP contribution < -0.4 is 0 Å². The van der Waals surface area contributed by atoms with Crippen molar-refractivity contribution in [2.75, 3.05) is 0 Å². The normalized spacial score (nSPS) is 17.0. The lowest BCUT2D eigenvalue weighted by atomic mass is 9.60. The zero-order valence-corrected chi connectivity index (χ0v) is 15.2. The fourth-order valence-electron chi connectivity index (χ4n) is 3.36. The number of rotatable bonds is 6. The van der Waals surface area contributed by atoms with Crippen LogP contribution in [0.15, 0.2) is 23.8 Å². The van der Waals surface area contributed by atoms with Crippen molar-refractivity contribution in [2.24, 2.45) is 22.7 Å². The molecule has 0 aliphatic heterocycles. The summed E-state index contributed by atoms with van der Waals surface area (Å²) in [6, 6.07) is 0. The van der Waals surface area contributed by atoms with Gasteiger partial charge in [-0.3, -0.25) is 4.79 Å². The molecule has 0 aromatic rings. The molecule has 0 amide bonds.